The van der Waals surface area contributed by atoms with E-state index in [1.54, 1.807) is 0 Å². The van der Waals surface area contributed by atoms with E-state index in [2.05, 4.69) is 0 Å². The minimum Gasteiger partial charge on any atom is -0.327 e. The van der Waals surface area contributed by atoms with Gasteiger partial charge in [-0.3, -0.25) is 10.0 Å². The van der Waals surface area contributed by atoms with Crippen molar-refractivity contribution in [2.75, 3.05) is 7.05 Å². The Balaban J connectivity index is 2.53. The van der Waals surface area contributed by atoms with Crippen LogP contribution in [0.5, 0.6) is 0 Å². The molecule has 0 aromatic carbocycles. The Morgan fingerprint density at radius 3 is 2.58 bits per heavy atom. The lowest BCUT2D eigenvalue weighted by Crippen LogP contribution is -2.43. The van der Waals surface area contributed by atoms with Crippen LogP contribution < -0.4 is 5.73 Å². The van der Waals surface area contributed by atoms with Crippen molar-refractivity contribution in [2.45, 2.75) is 31.7 Å². The van der Waals surface area contributed by atoms with Crippen LogP contribution in [0.4, 0.5) is 0 Å². The molecule has 0 aromatic heterocycles. The summed E-state index contributed by atoms with van der Waals surface area (Å²) in [6.07, 6.45) is 3.84. The monoisotopic (exact) mass is 172 g/mol. The maximum atomic E-state index is 11.3. The van der Waals surface area contributed by atoms with Crippen LogP contribution in [-0.4, -0.2) is 29.3 Å². The number of rotatable bonds is 1. The number of nitrogens with zero attached hydrogens (tertiary/aromatic N) is 1. The van der Waals surface area contributed by atoms with Crippen LogP contribution in [-0.2, 0) is 4.79 Å². The molecule has 4 nitrogen and oxygen atoms in total. The SMILES string of the molecule is CN(O)C(=O)C1CCCCC1N. The molecular formula is C8H16N2O2. The van der Waals surface area contributed by atoms with Gasteiger partial charge in [-0.1, -0.05) is 12.8 Å². The molecule has 0 heterocycles. The van der Waals surface area contributed by atoms with Gasteiger partial charge in [0.25, 0.3) is 0 Å². The van der Waals surface area contributed by atoms with Gasteiger partial charge in [0.15, 0.2) is 0 Å². The van der Waals surface area contributed by atoms with Crippen LogP contribution in [0.2, 0.25) is 0 Å². The topological polar surface area (TPSA) is 66.6 Å². The van der Waals surface area contributed by atoms with Gasteiger partial charge in [0, 0.05) is 13.1 Å². The van der Waals surface area contributed by atoms with Crippen LogP contribution in [0, 0.1) is 5.92 Å². The zero-order valence-corrected chi connectivity index (χ0v) is 7.36. The quantitative estimate of drug-likeness (QED) is 0.443. The van der Waals surface area contributed by atoms with Crippen LogP contribution in [0.1, 0.15) is 25.7 Å². The van der Waals surface area contributed by atoms with E-state index in [-0.39, 0.29) is 17.9 Å². The second kappa shape index (κ2) is 3.87. The van der Waals surface area contributed by atoms with Crippen molar-refractivity contribution in [1.29, 1.82) is 0 Å². The van der Waals surface area contributed by atoms with Gasteiger partial charge in [0.2, 0.25) is 5.91 Å². The number of hydrogen-bond acceptors (Lipinski definition) is 3. The van der Waals surface area contributed by atoms with E-state index in [4.69, 9.17) is 10.9 Å². The van der Waals surface area contributed by atoms with Crippen molar-refractivity contribution in [3.8, 4) is 0 Å². The van der Waals surface area contributed by atoms with E-state index in [1.165, 1.54) is 7.05 Å². The molecule has 12 heavy (non-hydrogen) atoms. The summed E-state index contributed by atoms with van der Waals surface area (Å²) in [5, 5.41) is 9.57. The maximum Gasteiger partial charge on any atom is 0.250 e. The molecule has 2 atom stereocenters. The molecule has 1 aliphatic carbocycles. The van der Waals surface area contributed by atoms with E-state index in [1.807, 2.05) is 0 Å². The van der Waals surface area contributed by atoms with E-state index in [0.717, 1.165) is 25.7 Å². The van der Waals surface area contributed by atoms with Crippen molar-refractivity contribution in [3.63, 3.8) is 0 Å². The molecule has 1 fully saturated rings. The van der Waals surface area contributed by atoms with Crippen molar-refractivity contribution in [3.05, 3.63) is 0 Å². The van der Waals surface area contributed by atoms with Gasteiger partial charge in [-0.25, -0.2) is 5.06 Å². The Kier molecular flexibility index (Phi) is 3.05. The van der Waals surface area contributed by atoms with E-state index >= 15 is 0 Å². The molecule has 1 aliphatic rings. The smallest absolute Gasteiger partial charge is 0.250 e. The van der Waals surface area contributed by atoms with Crippen LogP contribution in [0.3, 0.4) is 0 Å². The van der Waals surface area contributed by atoms with E-state index in [0.29, 0.717) is 5.06 Å². The molecule has 1 saturated carbocycles. The number of carbonyl (C=O) groups is 1. The molecule has 1 rings (SSSR count). The summed E-state index contributed by atoms with van der Waals surface area (Å²) in [6, 6.07) is -0.0687. The van der Waals surface area contributed by atoms with Gasteiger partial charge in [0.05, 0.1) is 5.92 Å². The summed E-state index contributed by atoms with van der Waals surface area (Å²) in [5.41, 5.74) is 5.76. The molecule has 3 N–H and O–H groups in total. The summed E-state index contributed by atoms with van der Waals surface area (Å²) < 4.78 is 0. The highest BCUT2D eigenvalue weighted by atomic mass is 16.5. The first kappa shape index (κ1) is 9.48. The lowest BCUT2D eigenvalue weighted by molar-refractivity contribution is -0.165. The Morgan fingerprint density at radius 1 is 1.50 bits per heavy atom. The third-order valence-corrected chi connectivity index (χ3v) is 2.46. The van der Waals surface area contributed by atoms with Gasteiger partial charge >= 0.3 is 0 Å². The van der Waals surface area contributed by atoms with Crippen molar-refractivity contribution in [1.82, 2.24) is 5.06 Å². The number of hydroxylamine groups is 2. The van der Waals surface area contributed by atoms with Gasteiger partial charge in [-0.2, -0.15) is 0 Å². The maximum absolute atomic E-state index is 11.3. The van der Waals surface area contributed by atoms with Crippen LogP contribution in [0.15, 0.2) is 0 Å². The zero-order valence-electron chi connectivity index (χ0n) is 7.36. The average molecular weight is 172 g/mol. The number of hydrogen-bond donors (Lipinski definition) is 2. The molecule has 2 unspecified atom stereocenters. The second-order valence-corrected chi connectivity index (χ2v) is 3.42. The predicted molar refractivity (Wildman–Crippen MR) is 44.5 cm³/mol. The first-order chi connectivity index (χ1) is 5.63. The summed E-state index contributed by atoms with van der Waals surface area (Å²) in [4.78, 5) is 11.3. The molecule has 0 saturated heterocycles. The normalized spacial score (nSPS) is 29.9. The minimum absolute atomic E-state index is 0.0687. The summed E-state index contributed by atoms with van der Waals surface area (Å²) in [5.74, 6) is -0.420. The molecule has 0 aliphatic heterocycles. The largest absolute Gasteiger partial charge is 0.327 e. The molecule has 0 radical (unpaired) electrons. The second-order valence-electron chi connectivity index (χ2n) is 3.42. The standard InChI is InChI=1S/C8H16N2O2/c1-10(12)8(11)6-4-2-3-5-7(6)9/h6-7,12H,2-5,9H2,1H3. The van der Waals surface area contributed by atoms with Gasteiger partial charge in [-0.15, -0.1) is 0 Å². The van der Waals surface area contributed by atoms with Gasteiger partial charge in [0.1, 0.15) is 0 Å². The number of carbonyl (C=O) groups excluding carboxylic acids is 1. The Labute approximate surface area is 72.3 Å². The first-order valence-electron chi connectivity index (χ1n) is 4.35. The zero-order chi connectivity index (χ0) is 9.14. The van der Waals surface area contributed by atoms with Crippen molar-refractivity contribution >= 4 is 5.91 Å². The Bertz CT molecular complexity index is 170. The average Bonchev–Trinajstić information content (AvgIpc) is 2.04. The fourth-order valence-electron chi connectivity index (χ4n) is 1.71. The predicted octanol–water partition coefficient (Wildman–Crippen LogP) is 0.352. The highest BCUT2D eigenvalue weighted by molar-refractivity contribution is 5.78. The third-order valence-electron chi connectivity index (χ3n) is 2.46. The van der Waals surface area contributed by atoms with Gasteiger partial charge < -0.3 is 5.73 Å². The Morgan fingerprint density at radius 2 is 2.08 bits per heavy atom. The number of nitrogens with two attached hydrogens (primary N) is 1. The molecule has 4 heteroatoms. The highest BCUT2D eigenvalue weighted by Gasteiger charge is 2.29. The Hall–Kier alpha value is -0.610. The van der Waals surface area contributed by atoms with E-state index < -0.39 is 0 Å². The van der Waals surface area contributed by atoms with Crippen LogP contribution >= 0.6 is 0 Å². The fraction of sp³-hybridized carbons (Fsp3) is 0.875. The van der Waals surface area contributed by atoms with Crippen molar-refractivity contribution < 1.29 is 10.0 Å². The third kappa shape index (κ3) is 1.95. The summed E-state index contributed by atoms with van der Waals surface area (Å²) >= 11 is 0. The number of amides is 1. The highest BCUT2D eigenvalue weighted by Crippen LogP contribution is 2.23. The first-order valence-corrected chi connectivity index (χ1v) is 4.35. The van der Waals surface area contributed by atoms with Crippen molar-refractivity contribution in [2.24, 2.45) is 11.7 Å². The summed E-state index contributed by atoms with van der Waals surface area (Å²) in [6.45, 7) is 0. The molecule has 0 spiro atoms. The molecule has 70 valence electrons. The minimum atomic E-state index is -0.248. The lowest BCUT2D eigenvalue weighted by atomic mass is 9.84. The van der Waals surface area contributed by atoms with E-state index in [9.17, 15) is 4.79 Å². The lowest BCUT2D eigenvalue weighted by Gasteiger charge is -2.28. The fourth-order valence-corrected chi connectivity index (χ4v) is 1.71. The molecular weight excluding hydrogens is 156 g/mol. The molecule has 0 bridgehead atoms. The molecule has 0 aromatic rings. The summed E-state index contributed by atoms with van der Waals surface area (Å²) in [7, 11) is 1.35. The van der Waals surface area contributed by atoms with Crippen LogP contribution in [0.25, 0.3) is 0 Å². The van der Waals surface area contributed by atoms with Gasteiger partial charge in [-0.05, 0) is 12.8 Å². The molecule has 1 amide bonds.